The van der Waals surface area contributed by atoms with Gasteiger partial charge in [-0.15, -0.1) is 0 Å². The summed E-state index contributed by atoms with van der Waals surface area (Å²) < 4.78 is 22.6. The maximum Gasteiger partial charge on any atom is 0.469 e. The third kappa shape index (κ3) is 3.44. The van der Waals surface area contributed by atoms with Crippen LogP contribution in [0.15, 0.2) is 36.5 Å². The van der Waals surface area contributed by atoms with E-state index in [0.717, 1.165) is 10.8 Å². The second-order valence-corrected chi connectivity index (χ2v) is 7.07. The van der Waals surface area contributed by atoms with Crippen molar-refractivity contribution in [1.29, 1.82) is 0 Å². The van der Waals surface area contributed by atoms with Crippen molar-refractivity contribution in [3.63, 3.8) is 0 Å². The average Bonchev–Trinajstić information content (AvgIpc) is 2.81. The summed E-state index contributed by atoms with van der Waals surface area (Å²) in [6, 6.07) is 9.24. The molecule has 0 saturated carbocycles. The molecular weight excluding hydrogens is 357 g/mol. The van der Waals surface area contributed by atoms with Crippen LogP contribution in [0.4, 0.5) is 0 Å². The van der Waals surface area contributed by atoms with E-state index in [1.807, 2.05) is 24.3 Å². The normalized spacial score (nSPS) is 27.7. The Labute approximate surface area is 142 Å². The molecule has 2 heterocycles. The van der Waals surface area contributed by atoms with Crippen LogP contribution in [0.2, 0.25) is 0 Å². The highest BCUT2D eigenvalue weighted by Crippen LogP contribution is 2.38. The van der Waals surface area contributed by atoms with Gasteiger partial charge in [0.1, 0.15) is 23.0 Å². The van der Waals surface area contributed by atoms with Gasteiger partial charge in [0.15, 0.2) is 6.23 Å². The Balaban J connectivity index is 1.89. The molecule has 130 valence electrons. The second-order valence-electron chi connectivity index (χ2n) is 5.45. The number of rotatable bonds is 4. The van der Waals surface area contributed by atoms with Gasteiger partial charge in [-0.25, -0.2) is 4.57 Å². The molecule has 0 radical (unpaired) electrons. The molecule has 4 N–H and O–H groups in total. The van der Waals surface area contributed by atoms with Crippen LogP contribution in [0.3, 0.4) is 0 Å². The Hall–Kier alpha value is -1.16. The number of aliphatic hydroxyl groups excluding tert-OH is 2. The molecule has 24 heavy (non-hydrogen) atoms. The van der Waals surface area contributed by atoms with E-state index in [1.165, 1.54) is 4.57 Å². The third-order valence-electron chi connectivity index (χ3n) is 3.86. The van der Waals surface area contributed by atoms with Crippen LogP contribution in [0, 0.1) is 4.64 Å². The Bertz CT molecular complexity index is 850. The largest absolute Gasteiger partial charge is 0.469 e. The molecule has 1 aliphatic heterocycles. The Morgan fingerprint density at radius 3 is 2.62 bits per heavy atom. The van der Waals surface area contributed by atoms with Crippen molar-refractivity contribution in [2.24, 2.45) is 0 Å². The smallest absolute Gasteiger partial charge is 0.387 e. The second kappa shape index (κ2) is 6.62. The van der Waals surface area contributed by atoms with Gasteiger partial charge in [0.2, 0.25) is 0 Å². The van der Waals surface area contributed by atoms with Crippen molar-refractivity contribution in [3.8, 4) is 0 Å². The predicted octanol–water partition coefficient (Wildman–Crippen LogP) is 1.10. The van der Waals surface area contributed by atoms with Gasteiger partial charge in [0, 0.05) is 11.6 Å². The molecule has 0 bridgehead atoms. The van der Waals surface area contributed by atoms with Crippen LogP contribution in [0.1, 0.15) is 6.23 Å². The lowest BCUT2D eigenvalue weighted by molar-refractivity contribution is -0.0526. The van der Waals surface area contributed by atoms with Gasteiger partial charge in [-0.2, -0.15) is 0 Å². The van der Waals surface area contributed by atoms with Crippen molar-refractivity contribution in [1.82, 2.24) is 4.57 Å². The number of hydrogen-bond acceptors (Lipinski definition) is 6. The molecule has 10 heteroatoms. The molecular formula is C14H16NO7PS. The molecule has 1 saturated heterocycles. The Kier molecular flexibility index (Phi) is 4.87. The monoisotopic (exact) mass is 373 g/mol. The van der Waals surface area contributed by atoms with Crippen molar-refractivity contribution in [2.75, 3.05) is 6.61 Å². The maximum atomic E-state index is 10.8. The van der Waals surface area contributed by atoms with Crippen molar-refractivity contribution < 1.29 is 33.8 Å². The standard InChI is InChI=1S/C14H16NO7PS/c16-11-10(7-21-23(18,19)20)22-13(12(11)17)15-6-5-8-3-1-2-4-9(8)14(15)24/h1-6,10-13,16-17H,7H2,(H2,18,19,20)/t10-,11+,12-,13-/m1/s1. The summed E-state index contributed by atoms with van der Waals surface area (Å²) in [7, 11) is -4.70. The van der Waals surface area contributed by atoms with Gasteiger partial charge in [0.05, 0.1) is 6.61 Å². The van der Waals surface area contributed by atoms with E-state index in [9.17, 15) is 14.8 Å². The number of hydrogen-bond donors (Lipinski definition) is 4. The highest BCUT2D eigenvalue weighted by atomic mass is 32.1. The quantitative estimate of drug-likeness (QED) is 0.464. The number of aromatic nitrogens is 1. The topological polar surface area (TPSA) is 121 Å². The minimum Gasteiger partial charge on any atom is -0.387 e. The summed E-state index contributed by atoms with van der Waals surface area (Å²) >= 11 is 5.42. The first-order valence-electron chi connectivity index (χ1n) is 7.09. The number of phosphoric acid groups is 1. The lowest BCUT2D eigenvalue weighted by Gasteiger charge is -2.19. The zero-order valence-corrected chi connectivity index (χ0v) is 14.0. The summed E-state index contributed by atoms with van der Waals surface area (Å²) in [6.07, 6.45) is -3.12. The average molecular weight is 373 g/mol. The van der Waals surface area contributed by atoms with E-state index >= 15 is 0 Å². The van der Waals surface area contributed by atoms with Crippen LogP contribution in [0.5, 0.6) is 0 Å². The van der Waals surface area contributed by atoms with E-state index in [2.05, 4.69) is 4.52 Å². The van der Waals surface area contributed by atoms with Crippen molar-refractivity contribution in [3.05, 3.63) is 41.2 Å². The van der Waals surface area contributed by atoms with E-state index < -0.39 is 39.0 Å². The molecule has 1 aromatic heterocycles. The number of aliphatic hydroxyl groups is 2. The molecule has 0 unspecified atom stereocenters. The summed E-state index contributed by atoms with van der Waals surface area (Å²) in [5.74, 6) is 0. The lowest BCUT2D eigenvalue weighted by Crippen LogP contribution is -2.33. The molecule has 1 fully saturated rings. The van der Waals surface area contributed by atoms with Gasteiger partial charge in [0.25, 0.3) is 0 Å². The Morgan fingerprint density at radius 2 is 1.92 bits per heavy atom. The van der Waals surface area contributed by atoms with Crippen LogP contribution >= 0.6 is 20.0 Å². The van der Waals surface area contributed by atoms with Gasteiger partial charge in [-0.1, -0.05) is 36.5 Å². The zero-order chi connectivity index (χ0) is 17.5. The van der Waals surface area contributed by atoms with Crippen molar-refractivity contribution in [2.45, 2.75) is 24.5 Å². The summed E-state index contributed by atoms with van der Waals surface area (Å²) in [5.41, 5.74) is 0. The van der Waals surface area contributed by atoms with E-state index in [0.29, 0.717) is 4.64 Å². The van der Waals surface area contributed by atoms with Crippen molar-refractivity contribution >= 4 is 30.8 Å². The summed E-state index contributed by atoms with van der Waals surface area (Å²) in [6.45, 7) is -0.556. The van der Waals surface area contributed by atoms with E-state index in [4.69, 9.17) is 26.7 Å². The number of benzene rings is 1. The van der Waals surface area contributed by atoms with Crippen LogP contribution in [0.25, 0.3) is 10.8 Å². The molecule has 3 rings (SSSR count). The molecule has 1 aromatic carbocycles. The first-order valence-corrected chi connectivity index (χ1v) is 9.03. The first kappa shape index (κ1) is 17.7. The first-order chi connectivity index (χ1) is 11.3. The Morgan fingerprint density at radius 1 is 1.21 bits per heavy atom. The van der Waals surface area contributed by atoms with Crippen LogP contribution in [-0.2, 0) is 13.8 Å². The fourth-order valence-corrected chi connectivity index (χ4v) is 3.36. The maximum absolute atomic E-state index is 10.8. The molecule has 4 atom stereocenters. The number of pyridine rings is 1. The molecule has 0 aliphatic carbocycles. The summed E-state index contributed by atoms with van der Waals surface area (Å²) in [5, 5.41) is 22.0. The molecule has 0 amide bonds. The highest BCUT2D eigenvalue weighted by molar-refractivity contribution is 7.71. The highest BCUT2D eigenvalue weighted by Gasteiger charge is 2.44. The van der Waals surface area contributed by atoms with Gasteiger partial charge in [-0.05, 0) is 11.5 Å². The lowest BCUT2D eigenvalue weighted by atomic mass is 10.1. The van der Waals surface area contributed by atoms with Crippen LogP contribution < -0.4 is 0 Å². The fourth-order valence-electron chi connectivity index (χ4n) is 2.67. The molecule has 8 nitrogen and oxygen atoms in total. The minimum atomic E-state index is -4.70. The molecule has 2 aromatic rings. The van der Waals surface area contributed by atoms with Gasteiger partial charge < -0.3 is 29.3 Å². The number of fused-ring (bicyclic) bond motifs is 1. The van der Waals surface area contributed by atoms with Crippen LogP contribution in [-0.4, -0.2) is 49.5 Å². The van der Waals surface area contributed by atoms with Gasteiger partial charge >= 0.3 is 7.82 Å². The zero-order valence-electron chi connectivity index (χ0n) is 12.3. The van der Waals surface area contributed by atoms with E-state index in [-0.39, 0.29) is 0 Å². The molecule has 0 spiro atoms. The van der Waals surface area contributed by atoms with E-state index in [1.54, 1.807) is 12.3 Å². The SMILES string of the molecule is O=P(O)(O)OC[C@H]1O[C@@H](n2ccc3ccccc3c2=S)[C@H](O)[C@H]1O. The molecule has 1 aliphatic rings. The number of nitrogens with zero attached hydrogens (tertiary/aromatic N) is 1. The van der Waals surface area contributed by atoms with Gasteiger partial charge in [-0.3, -0.25) is 4.52 Å². The fraction of sp³-hybridized carbons (Fsp3) is 0.357. The summed E-state index contributed by atoms with van der Waals surface area (Å²) in [4.78, 5) is 17.5. The third-order valence-corrected chi connectivity index (χ3v) is 4.77. The minimum absolute atomic E-state index is 0.418. The number of phosphoric ester groups is 1. The number of ether oxygens (including phenoxy) is 1. The predicted molar refractivity (Wildman–Crippen MR) is 86.7 cm³/mol.